The fourth-order valence-corrected chi connectivity index (χ4v) is 4.95. The van der Waals surface area contributed by atoms with Crippen molar-refractivity contribution >= 4 is 22.4 Å². The molecule has 4 aromatic rings. The van der Waals surface area contributed by atoms with Gasteiger partial charge >= 0.3 is 0 Å². The average molecular weight is 375 g/mol. The highest BCUT2D eigenvalue weighted by atomic mass is 14.2. The van der Waals surface area contributed by atoms with Crippen LogP contribution in [0, 0.1) is 27.7 Å². The molecule has 4 aromatic carbocycles. The Labute approximate surface area is 173 Å². The van der Waals surface area contributed by atoms with Crippen molar-refractivity contribution < 1.29 is 0 Å². The standard InChI is InChI=1S/C29H26/c1-18-10-19(2)13-24(12-18)25-16-22-6-5-7-28-27(9-8-23(17-25)29(22)28)26-14-20(3)11-21(4)15-26/h5-15,17H,16H2,1-4H3. The summed E-state index contributed by atoms with van der Waals surface area (Å²) < 4.78 is 0. The van der Waals surface area contributed by atoms with Crippen LogP contribution in [0.4, 0.5) is 0 Å². The van der Waals surface area contributed by atoms with Gasteiger partial charge in [-0.05, 0) is 78.3 Å². The zero-order valence-corrected chi connectivity index (χ0v) is 17.6. The Morgan fingerprint density at radius 2 is 1.24 bits per heavy atom. The van der Waals surface area contributed by atoms with Gasteiger partial charge in [0.05, 0.1) is 0 Å². The van der Waals surface area contributed by atoms with Gasteiger partial charge in [0.2, 0.25) is 0 Å². The molecule has 0 saturated heterocycles. The van der Waals surface area contributed by atoms with Crippen molar-refractivity contribution in [3.05, 3.63) is 106 Å². The molecule has 1 aliphatic rings. The van der Waals surface area contributed by atoms with Crippen LogP contribution in [0.5, 0.6) is 0 Å². The van der Waals surface area contributed by atoms with Crippen LogP contribution in [-0.4, -0.2) is 0 Å². The second-order valence-corrected chi connectivity index (χ2v) is 8.64. The Morgan fingerprint density at radius 1 is 0.621 bits per heavy atom. The van der Waals surface area contributed by atoms with E-state index in [9.17, 15) is 0 Å². The van der Waals surface area contributed by atoms with E-state index in [1.165, 1.54) is 66.4 Å². The Bertz CT molecular complexity index is 1260. The molecule has 0 heterocycles. The normalized spacial score (nSPS) is 12.9. The highest BCUT2D eigenvalue weighted by Crippen LogP contribution is 2.39. The summed E-state index contributed by atoms with van der Waals surface area (Å²) in [5.74, 6) is 0. The maximum Gasteiger partial charge on any atom is -0.00132 e. The van der Waals surface area contributed by atoms with Gasteiger partial charge in [-0.25, -0.2) is 0 Å². The number of rotatable bonds is 2. The van der Waals surface area contributed by atoms with Crippen molar-refractivity contribution in [2.24, 2.45) is 0 Å². The van der Waals surface area contributed by atoms with Crippen molar-refractivity contribution in [1.82, 2.24) is 0 Å². The number of allylic oxidation sites excluding steroid dienone is 1. The van der Waals surface area contributed by atoms with Crippen molar-refractivity contribution in [3.63, 3.8) is 0 Å². The van der Waals surface area contributed by atoms with Crippen LogP contribution < -0.4 is 0 Å². The first-order chi connectivity index (χ1) is 14.0. The average Bonchev–Trinajstić information content (AvgIpc) is 2.67. The SMILES string of the molecule is Cc1cc(C)cc(C2=Cc3ccc(-c4cc(C)cc(C)c4)c4cccc(c34)C2)c1. The maximum absolute atomic E-state index is 2.40. The summed E-state index contributed by atoms with van der Waals surface area (Å²) in [6, 6.07) is 25.1. The molecule has 0 fully saturated rings. The summed E-state index contributed by atoms with van der Waals surface area (Å²) in [4.78, 5) is 0. The molecular formula is C29H26. The number of benzene rings is 4. The second kappa shape index (κ2) is 6.74. The first-order valence-corrected chi connectivity index (χ1v) is 10.4. The van der Waals surface area contributed by atoms with E-state index in [0.717, 1.165) is 6.42 Å². The third-order valence-electron chi connectivity index (χ3n) is 5.99. The first-order valence-electron chi connectivity index (χ1n) is 10.4. The smallest absolute Gasteiger partial charge is 0.00132 e. The van der Waals surface area contributed by atoms with E-state index < -0.39 is 0 Å². The molecule has 0 unspecified atom stereocenters. The van der Waals surface area contributed by atoms with E-state index in [-0.39, 0.29) is 0 Å². The minimum absolute atomic E-state index is 0.990. The van der Waals surface area contributed by atoms with Crippen molar-refractivity contribution in [2.45, 2.75) is 34.1 Å². The van der Waals surface area contributed by atoms with E-state index in [4.69, 9.17) is 0 Å². The minimum Gasteiger partial charge on any atom is -0.0613 e. The molecule has 0 nitrogen and oxygen atoms in total. The van der Waals surface area contributed by atoms with Crippen molar-refractivity contribution in [2.75, 3.05) is 0 Å². The largest absolute Gasteiger partial charge is 0.0613 e. The molecule has 142 valence electrons. The fourth-order valence-electron chi connectivity index (χ4n) is 4.95. The van der Waals surface area contributed by atoms with Gasteiger partial charge in [-0.2, -0.15) is 0 Å². The number of hydrogen-bond acceptors (Lipinski definition) is 0. The second-order valence-electron chi connectivity index (χ2n) is 8.64. The minimum atomic E-state index is 0.990. The highest BCUT2D eigenvalue weighted by molar-refractivity contribution is 6.07. The van der Waals surface area contributed by atoms with Crippen LogP contribution in [0.25, 0.3) is 33.5 Å². The van der Waals surface area contributed by atoms with Crippen LogP contribution in [0.3, 0.4) is 0 Å². The summed E-state index contributed by atoms with van der Waals surface area (Å²) in [6.45, 7) is 8.73. The molecule has 0 spiro atoms. The van der Waals surface area contributed by atoms with Gasteiger partial charge < -0.3 is 0 Å². The molecule has 0 amide bonds. The number of hydrogen-bond donors (Lipinski definition) is 0. The summed E-state index contributed by atoms with van der Waals surface area (Å²) in [7, 11) is 0. The third kappa shape index (κ3) is 3.19. The molecule has 0 N–H and O–H groups in total. The topological polar surface area (TPSA) is 0 Å². The molecule has 0 bridgehead atoms. The molecule has 0 aromatic heterocycles. The van der Waals surface area contributed by atoms with Crippen LogP contribution >= 0.6 is 0 Å². The molecule has 0 radical (unpaired) electrons. The lowest BCUT2D eigenvalue weighted by Crippen LogP contribution is -2.00. The molecule has 0 aliphatic heterocycles. The summed E-state index contributed by atoms with van der Waals surface area (Å²) in [5.41, 5.74) is 13.5. The van der Waals surface area contributed by atoms with E-state index in [1.54, 1.807) is 0 Å². The zero-order chi connectivity index (χ0) is 20.1. The van der Waals surface area contributed by atoms with E-state index in [0.29, 0.717) is 0 Å². The van der Waals surface area contributed by atoms with Crippen LogP contribution in [0.1, 0.15) is 38.9 Å². The predicted octanol–water partition coefficient (Wildman–Crippen LogP) is 7.84. The Morgan fingerprint density at radius 3 is 1.90 bits per heavy atom. The molecule has 29 heavy (non-hydrogen) atoms. The number of aryl methyl sites for hydroxylation is 4. The summed E-state index contributed by atoms with van der Waals surface area (Å²) in [6.07, 6.45) is 3.39. The lowest BCUT2D eigenvalue weighted by atomic mass is 9.83. The van der Waals surface area contributed by atoms with Gasteiger partial charge in [0.15, 0.2) is 0 Å². The molecule has 0 atom stereocenters. The summed E-state index contributed by atoms with van der Waals surface area (Å²) >= 11 is 0. The molecule has 0 heteroatoms. The predicted molar refractivity (Wildman–Crippen MR) is 126 cm³/mol. The lowest BCUT2D eigenvalue weighted by Gasteiger charge is -2.21. The van der Waals surface area contributed by atoms with E-state index in [2.05, 4.69) is 101 Å². The monoisotopic (exact) mass is 374 g/mol. The van der Waals surface area contributed by atoms with Gasteiger partial charge in [0.1, 0.15) is 0 Å². The Balaban J connectivity index is 1.71. The van der Waals surface area contributed by atoms with Gasteiger partial charge in [-0.1, -0.05) is 95.1 Å². The zero-order valence-electron chi connectivity index (χ0n) is 17.6. The highest BCUT2D eigenvalue weighted by Gasteiger charge is 2.17. The molecule has 0 saturated carbocycles. The van der Waals surface area contributed by atoms with Gasteiger partial charge in [0, 0.05) is 0 Å². The van der Waals surface area contributed by atoms with E-state index >= 15 is 0 Å². The van der Waals surface area contributed by atoms with Gasteiger partial charge in [-0.15, -0.1) is 0 Å². The van der Waals surface area contributed by atoms with Crippen LogP contribution in [-0.2, 0) is 6.42 Å². The fraction of sp³-hybridized carbons (Fsp3) is 0.172. The molecule has 1 aliphatic carbocycles. The van der Waals surface area contributed by atoms with Crippen molar-refractivity contribution in [3.8, 4) is 11.1 Å². The van der Waals surface area contributed by atoms with E-state index in [1.807, 2.05) is 0 Å². The van der Waals surface area contributed by atoms with Crippen LogP contribution in [0.15, 0.2) is 66.7 Å². The maximum atomic E-state index is 2.40. The van der Waals surface area contributed by atoms with Crippen molar-refractivity contribution in [1.29, 1.82) is 0 Å². The quantitative estimate of drug-likeness (QED) is 0.335. The first kappa shape index (κ1) is 17.9. The Kier molecular flexibility index (Phi) is 4.17. The Hall–Kier alpha value is -3.12. The van der Waals surface area contributed by atoms with Crippen LogP contribution in [0.2, 0.25) is 0 Å². The van der Waals surface area contributed by atoms with Gasteiger partial charge in [0.25, 0.3) is 0 Å². The lowest BCUT2D eigenvalue weighted by molar-refractivity contribution is 1.28. The molecular weight excluding hydrogens is 348 g/mol. The summed E-state index contributed by atoms with van der Waals surface area (Å²) in [5, 5.41) is 2.78. The van der Waals surface area contributed by atoms with Gasteiger partial charge in [-0.3, -0.25) is 0 Å². The molecule has 5 rings (SSSR count). The third-order valence-corrected chi connectivity index (χ3v) is 5.99.